The predicted molar refractivity (Wildman–Crippen MR) is 119 cm³/mol. The van der Waals surface area contributed by atoms with Crippen LogP contribution in [0.15, 0.2) is 24.5 Å². The number of nitrogens with zero attached hydrogens (tertiary/aromatic N) is 3. The Morgan fingerprint density at radius 1 is 1.37 bits per heavy atom. The summed E-state index contributed by atoms with van der Waals surface area (Å²) in [6.45, 7) is 5.30. The number of benzene rings is 1. The van der Waals surface area contributed by atoms with Crippen LogP contribution in [0.2, 0.25) is 10.0 Å². The molecule has 0 fully saturated rings. The first-order valence-electron chi connectivity index (χ1n) is 10.0. The van der Waals surface area contributed by atoms with Gasteiger partial charge in [0.05, 0.1) is 40.8 Å². The molecule has 1 unspecified atom stereocenters. The fourth-order valence-corrected chi connectivity index (χ4v) is 4.53. The Morgan fingerprint density at radius 3 is 2.90 bits per heavy atom. The molecule has 160 valence electrons. The number of hydrogen-bond acceptors (Lipinski definition) is 4. The molecule has 9 heteroatoms. The Morgan fingerprint density at radius 2 is 2.20 bits per heavy atom. The molecule has 0 saturated carbocycles. The summed E-state index contributed by atoms with van der Waals surface area (Å²) in [4.78, 5) is 14.9. The van der Waals surface area contributed by atoms with Gasteiger partial charge in [-0.15, -0.1) is 0 Å². The number of nitrogens with one attached hydrogen (secondary N) is 2. The van der Waals surface area contributed by atoms with E-state index in [1.165, 1.54) is 0 Å². The second-order valence-electron chi connectivity index (χ2n) is 7.40. The van der Waals surface area contributed by atoms with Crippen molar-refractivity contribution in [1.29, 1.82) is 0 Å². The quantitative estimate of drug-likeness (QED) is 0.576. The highest BCUT2D eigenvalue weighted by molar-refractivity contribution is 6.45. The Hall–Kier alpha value is -2.06. The number of carbonyl (C=O) groups is 1. The van der Waals surface area contributed by atoms with Crippen molar-refractivity contribution in [2.75, 3.05) is 26.7 Å². The number of rotatable bonds is 7. The molecule has 30 heavy (non-hydrogen) atoms. The molecular weight excluding hydrogens is 425 g/mol. The van der Waals surface area contributed by atoms with Crippen LogP contribution in [-0.2, 0) is 22.6 Å². The SMILES string of the molecule is CCNCC(CC(=O)N1CCn2c(c(-c3cn[nH]c3)c3ccc(Cl)c(Cl)c32)C1)OC. The van der Waals surface area contributed by atoms with Gasteiger partial charge in [0.15, 0.2) is 0 Å². The maximum absolute atomic E-state index is 13.0. The Balaban J connectivity index is 1.69. The number of halogens is 2. The topological polar surface area (TPSA) is 75.2 Å². The van der Waals surface area contributed by atoms with Gasteiger partial charge in [-0.05, 0) is 12.6 Å². The van der Waals surface area contributed by atoms with Crippen molar-refractivity contribution in [2.24, 2.45) is 0 Å². The zero-order valence-electron chi connectivity index (χ0n) is 17.0. The number of hydrogen-bond donors (Lipinski definition) is 2. The summed E-state index contributed by atoms with van der Waals surface area (Å²) in [6, 6.07) is 3.80. The third kappa shape index (κ3) is 3.83. The zero-order valence-corrected chi connectivity index (χ0v) is 18.6. The minimum Gasteiger partial charge on any atom is -0.380 e. The van der Waals surface area contributed by atoms with Gasteiger partial charge in [-0.2, -0.15) is 5.10 Å². The molecule has 3 aromatic rings. The van der Waals surface area contributed by atoms with Gasteiger partial charge in [0.2, 0.25) is 5.91 Å². The molecule has 4 rings (SSSR count). The van der Waals surface area contributed by atoms with E-state index < -0.39 is 0 Å². The van der Waals surface area contributed by atoms with Crippen molar-refractivity contribution in [3.63, 3.8) is 0 Å². The molecule has 1 aromatic carbocycles. The maximum atomic E-state index is 13.0. The molecule has 2 aromatic heterocycles. The molecule has 1 atom stereocenters. The third-order valence-electron chi connectivity index (χ3n) is 5.65. The van der Waals surface area contributed by atoms with Crippen LogP contribution in [0, 0.1) is 0 Å². The van der Waals surface area contributed by atoms with Crippen LogP contribution in [0.4, 0.5) is 0 Å². The Kier molecular flexibility index (Phi) is 6.34. The standard InChI is InChI=1S/C21H25Cl2N5O2/c1-3-24-11-14(30-2)8-18(29)27-6-7-28-17(12-27)19(13-9-25-26-10-13)15-4-5-16(22)20(23)21(15)28/h4-5,9-10,14,24H,3,6-8,11-12H2,1-2H3,(H,25,26). The number of aromatic nitrogens is 3. The first-order chi connectivity index (χ1) is 14.5. The number of aromatic amines is 1. The highest BCUT2D eigenvalue weighted by Crippen LogP contribution is 2.42. The minimum atomic E-state index is -0.146. The van der Waals surface area contributed by atoms with Crippen molar-refractivity contribution in [2.45, 2.75) is 32.5 Å². The van der Waals surface area contributed by atoms with E-state index in [4.69, 9.17) is 27.9 Å². The van der Waals surface area contributed by atoms with Gasteiger partial charge < -0.3 is 19.5 Å². The number of likely N-dealkylation sites (N-methyl/N-ethyl adjacent to an activating group) is 1. The Labute approximate surface area is 185 Å². The monoisotopic (exact) mass is 449 g/mol. The summed E-state index contributed by atoms with van der Waals surface area (Å²) in [5.74, 6) is 0.0820. The lowest BCUT2D eigenvalue weighted by Gasteiger charge is -2.31. The number of ether oxygens (including phenoxy) is 1. The fraction of sp³-hybridized carbons (Fsp3) is 0.429. The lowest BCUT2D eigenvalue weighted by Crippen LogP contribution is -2.41. The van der Waals surface area contributed by atoms with E-state index in [2.05, 4.69) is 20.1 Å². The Bertz CT molecular complexity index is 1050. The normalized spacial score (nSPS) is 14.9. The number of carbonyl (C=O) groups excluding carboxylic acids is 1. The molecule has 1 amide bonds. The molecule has 2 N–H and O–H groups in total. The molecule has 0 spiro atoms. The van der Waals surface area contributed by atoms with E-state index in [9.17, 15) is 4.79 Å². The van der Waals surface area contributed by atoms with E-state index in [0.29, 0.717) is 42.6 Å². The first kappa shape index (κ1) is 21.2. The summed E-state index contributed by atoms with van der Waals surface area (Å²) >= 11 is 12.9. The molecule has 3 heterocycles. The zero-order chi connectivity index (χ0) is 21.3. The first-order valence-corrected chi connectivity index (χ1v) is 10.8. The fourth-order valence-electron chi connectivity index (χ4n) is 4.11. The van der Waals surface area contributed by atoms with E-state index in [0.717, 1.165) is 34.3 Å². The van der Waals surface area contributed by atoms with Crippen molar-refractivity contribution in [3.8, 4) is 11.1 Å². The van der Waals surface area contributed by atoms with Crippen LogP contribution in [0.25, 0.3) is 22.0 Å². The van der Waals surface area contributed by atoms with Gasteiger partial charge in [0.25, 0.3) is 0 Å². The number of methoxy groups -OCH3 is 1. The lowest BCUT2D eigenvalue weighted by atomic mass is 10.0. The van der Waals surface area contributed by atoms with Crippen molar-refractivity contribution in [3.05, 3.63) is 40.3 Å². The van der Waals surface area contributed by atoms with E-state index in [1.54, 1.807) is 13.3 Å². The number of H-pyrrole nitrogens is 1. The van der Waals surface area contributed by atoms with Gasteiger partial charge in [-0.3, -0.25) is 9.89 Å². The van der Waals surface area contributed by atoms with E-state index in [-0.39, 0.29) is 12.0 Å². The molecule has 1 aliphatic rings. The smallest absolute Gasteiger partial charge is 0.225 e. The van der Waals surface area contributed by atoms with Gasteiger partial charge in [-0.25, -0.2) is 0 Å². The minimum absolute atomic E-state index is 0.0820. The van der Waals surface area contributed by atoms with Crippen LogP contribution in [0.5, 0.6) is 0 Å². The van der Waals surface area contributed by atoms with Crippen molar-refractivity contribution >= 4 is 40.0 Å². The molecule has 0 aliphatic carbocycles. The van der Waals surface area contributed by atoms with Crippen LogP contribution in [0.3, 0.4) is 0 Å². The maximum Gasteiger partial charge on any atom is 0.225 e. The predicted octanol–water partition coefficient (Wildman–Crippen LogP) is 3.70. The average Bonchev–Trinajstić information content (AvgIpc) is 3.38. The molecular formula is C21H25Cl2N5O2. The molecule has 0 radical (unpaired) electrons. The van der Waals surface area contributed by atoms with Crippen LogP contribution in [0.1, 0.15) is 19.0 Å². The molecule has 1 aliphatic heterocycles. The summed E-state index contributed by atoms with van der Waals surface area (Å²) < 4.78 is 7.67. The second-order valence-corrected chi connectivity index (χ2v) is 8.19. The summed E-state index contributed by atoms with van der Waals surface area (Å²) in [7, 11) is 1.64. The summed E-state index contributed by atoms with van der Waals surface area (Å²) in [6.07, 6.45) is 3.84. The summed E-state index contributed by atoms with van der Waals surface area (Å²) in [5.41, 5.74) is 3.94. The van der Waals surface area contributed by atoms with E-state index in [1.807, 2.05) is 30.2 Å². The van der Waals surface area contributed by atoms with Gasteiger partial charge >= 0.3 is 0 Å². The van der Waals surface area contributed by atoms with E-state index >= 15 is 0 Å². The highest BCUT2D eigenvalue weighted by atomic mass is 35.5. The molecule has 0 saturated heterocycles. The van der Waals surface area contributed by atoms with Crippen LogP contribution in [-0.4, -0.2) is 58.4 Å². The van der Waals surface area contributed by atoms with Crippen LogP contribution >= 0.6 is 23.2 Å². The van der Waals surface area contributed by atoms with Gasteiger partial charge in [0, 0.05) is 55.1 Å². The lowest BCUT2D eigenvalue weighted by molar-refractivity contribution is -0.135. The van der Waals surface area contributed by atoms with Crippen LogP contribution < -0.4 is 5.32 Å². The number of amides is 1. The highest BCUT2D eigenvalue weighted by Gasteiger charge is 2.29. The molecule has 0 bridgehead atoms. The average molecular weight is 450 g/mol. The largest absolute Gasteiger partial charge is 0.380 e. The van der Waals surface area contributed by atoms with Crippen molar-refractivity contribution < 1.29 is 9.53 Å². The third-order valence-corrected chi connectivity index (χ3v) is 6.45. The van der Waals surface area contributed by atoms with Gasteiger partial charge in [0.1, 0.15) is 0 Å². The summed E-state index contributed by atoms with van der Waals surface area (Å²) in [5, 5.41) is 12.3. The van der Waals surface area contributed by atoms with Crippen molar-refractivity contribution in [1.82, 2.24) is 25.0 Å². The molecule has 7 nitrogen and oxygen atoms in total. The second kappa shape index (κ2) is 8.98. The number of fused-ring (bicyclic) bond motifs is 3. The van der Waals surface area contributed by atoms with Gasteiger partial charge in [-0.1, -0.05) is 36.2 Å².